The number of benzene rings is 1. The standard InChI is InChI=1S/C18H26N2O4/c1-13(17(21)20(2)15-7-5-4-6-8-15)24-16-11-9-14(10-12-16)19-18(22)23-3/h9-13,15H,4-8H2,1-3H3,(H,19,22). The Morgan fingerprint density at radius 1 is 1.17 bits per heavy atom. The minimum absolute atomic E-state index is 0.00124. The molecule has 1 saturated carbocycles. The van der Waals surface area contributed by atoms with E-state index in [1.165, 1.54) is 26.4 Å². The molecule has 6 heteroatoms. The first kappa shape index (κ1) is 18.1. The molecule has 1 unspecified atom stereocenters. The third-order valence-corrected chi connectivity index (χ3v) is 4.42. The first-order chi connectivity index (χ1) is 11.5. The lowest BCUT2D eigenvalue weighted by atomic mass is 9.94. The molecular formula is C18H26N2O4. The van der Waals surface area contributed by atoms with Gasteiger partial charge in [-0.15, -0.1) is 0 Å². The van der Waals surface area contributed by atoms with Gasteiger partial charge in [-0.2, -0.15) is 0 Å². The number of anilines is 1. The molecule has 1 aliphatic rings. The van der Waals surface area contributed by atoms with Crippen LogP contribution in [0.3, 0.4) is 0 Å². The van der Waals surface area contributed by atoms with E-state index in [-0.39, 0.29) is 5.91 Å². The number of ether oxygens (including phenoxy) is 2. The van der Waals surface area contributed by atoms with Crippen LogP contribution in [0.2, 0.25) is 0 Å². The number of rotatable bonds is 5. The van der Waals surface area contributed by atoms with Crippen LogP contribution in [0, 0.1) is 0 Å². The maximum Gasteiger partial charge on any atom is 0.411 e. The van der Waals surface area contributed by atoms with Crippen LogP contribution < -0.4 is 10.1 Å². The van der Waals surface area contributed by atoms with Gasteiger partial charge in [-0.05, 0) is 44.0 Å². The number of nitrogens with one attached hydrogen (secondary N) is 1. The first-order valence-electron chi connectivity index (χ1n) is 8.39. The number of methoxy groups -OCH3 is 1. The summed E-state index contributed by atoms with van der Waals surface area (Å²) in [6, 6.07) is 7.16. The summed E-state index contributed by atoms with van der Waals surface area (Å²) < 4.78 is 10.3. The molecule has 1 fully saturated rings. The molecule has 2 amide bonds. The van der Waals surface area contributed by atoms with Crippen molar-refractivity contribution in [1.82, 2.24) is 4.90 Å². The Balaban J connectivity index is 1.89. The number of nitrogens with zero attached hydrogens (tertiary/aromatic N) is 1. The van der Waals surface area contributed by atoms with Gasteiger partial charge in [0, 0.05) is 18.8 Å². The predicted molar refractivity (Wildman–Crippen MR) is 92.2 cm³/mol. The molecule has 0 aromatic heterocycles. The van der Waals surface area contributed by atoms with Crippen molar-refractivity contribution in [2.24, 2.45) is 0 Å². The smallest absolute Gasteiger partial charge is 0.411 e. The lowest BCUT2D eigenvalue weighted by Crippen LogP contribution is -2.44. The van der Waals surface area contributed by atoms with Gasteiger partial charge in [0.1, 0.15) is 5.75 Å². The molecule has 24 heavy (non-hydrogen) atoms. The van der Waals surface area contributed by atoms with Gasteiger partial charge in [0.25, 0.3) is 5.91 Å². The van der Waals surface area contributed by atoms with E-state index in [1.54, 1.807) is 31.2 Å². The second-order valence-electron chi connectivity index (χ2n) is 6.14. The second-order valence-corrected chi connectivity index (χ2v) is 6.14. The summed E-state index contributed by atoms with van der Waals surface area (Å²) >= 11 is 0. The van der Waals surface area contributed by atoms with Crippen molar-refractivity contribution in [3.05, 3.63) is 24.3 Å². The fourth-order valence-electron chi connectivity index (χ4n) is 2.98. The summed E-state index contributed by atoms with van der Waals surface area (Å²) in [5, 5.41) is 2.56. The Labute approximate surface area is 143 Å². The number of likely N-dealkylation sites (N-methyl/N-ethyl adjacent to an activating group) is 1. The summed E-state index contributed by atoms with van der Waals surface area (Å²) in [6.07, 6.45) is 4.71. The van der Waals surface area contributed by atoms with Crippen LogP contribution in [0.4, 0.5) is 10.5 Å². The highest BCUT2D eigenvalue weighted by Crippen LogP contribution is 2.23. The predicted octanol–water partition coefficient (Wildman–Crippen LogP) is 3.42. The second kappa shape index (κ2) is 8.57. The summed E-state index contributed by atoms with van der Waals surface area (Å²) in [5.74, 6) is 0.585. The molecule has 0 aliphatic heterocycles. The molecule has 0 spiro atoms. The number of carbonyl (C=O) groups is 2. The fourth-order valence-corrected chi connectivity index (χ4v) is 2.98. The highest BCUT2D eigenvalue weighted by Gasteiger charge is 2.26. The lowest BCUT2D eigenvalue weighted by molar-refractivity contribution is -0.139. The topological polar surface area (TPSA) is 67.9 Å². The van der Waals surface area contributed by atoms with Crippen LogP contribution in [-0.4, -0.2) is 43.2 Å². The molecule has 1 aromatic carbocycles. The zero-order valence-electron chi connectivity index (χ0n) is 14.6. The molecule has 0 heterocycles. The minimum atomic E-state index is -0.545. The normalized spacial score (nSPS) is 16.1. The SMILES string of the molecule is COC(=O)Nc1ccc(OC(C)C(=O)N(C)C2CCCCC2)cc1. The van der Waals surface area contributed by atoms with Gasteiger partial charge in [0.2, 0.25) is 0 Å². The van der Waals surface area contributed by atoms with E-state index in [2.05, 4.69) is 10.1 Å². The largest absolute Gasteiger partial charge is 0.481 e. The van der Waals surface area contributed by atoms with Gasteiger partial charge < -0.3 is 14.4 Å². The maximum atomic E-state index is 12.5. The van der Waals surface area contributed by atoms with Crippen LogP contribution in [0.1, 0.15) is 39.0 Å². The number of carbonyl (C=O) groups excluding carboxylic acids is 2. The summed E-state index contributed by atoms with van der Waals surface area (Å²) in [4.78, 5) is 25.5. The van der Waals surface area contributed by atoms with Gasteiger partial charge in [-0.25, -0.2) is 4.79 Å². The van der Waals surface area contributed by atoms with E-state index in [1.807, 2.05) is 11.9 Å². The summed E-state index contributed by atoms with van der Waals surface area (Å²) in [5.41, 5.74) is 0.604. The van der Waals surface area contributed by atoms with E-state index in [0.29, 0.717) is 17.5 Å². The molecule has 0 bridgehead atoms. The van der Waals surface area contributed by atoms with Crippen molar-refractivity contribution in [2.45, 2.75) is 51.2 Å². The molecule has 0 saturated heterocycles. The van der Waals surface area contributed by atoms with Crippen molar-refractivity contribution < 1.29 is 19.1 Å². The van der Waals surface area contributed by atoms with Crippen LogP contribution in [-0.2, 0) is 9.53 Å². The maximum absolute atomic E-state index is 12.5. The lowest BCUT2D eigenvalue weighted by Gasteiger charge is -2.32. The zero-order valence-corrected chi connectivity index (χ0v) is 14.6. The van der Waals surface area contributed by atoms with Crippen molar-refractivity contribution in [1.29, 1.82) is 0 Å². The average molecular weight is 334 g/mol. The molecule has 1 aromatic rings. The Bertz CT molecular complexity index is 553. The molecule has 6 nitrogen and oxygen atoms in total. The van der Waals surface area contributed by atoms with Gasteiger partial charge >= 0.3 is 6.09 Å². The van der Waals surface area contributed by atoms with Crippen LogP contribution >= 0.6 is 0 Å². The van der Waals surface area contributed by atoms with Crippen LogP contribution in [0.5, 0.6) is 5.75 Å². The zero-order chi connectivity index (χ0) is 17.5. The van der Waals surface area contributed by atoms with Crippen molar-refractivity contribution in [3.63, 3.8) is 0 Å². The van der Waals surface area contributed by atoms with E-state index >= 15 is 0 Å². The Morgan fingerprint density at radius 2 is 1.79 bits per heavy atom. The van der Waals surface area contributed by atoms with Crippen LogP contribution in [0.15, 0.2) is 24.3 Å². The quantitative estimate of drug-likeness (QED) is 0.896. The van der Waals surface area contributed by atoms with Gasteiger partial charge in [-0.3, -0.25) is 10.1 Å². The monoisotopic (exact) mass is 334 g/mol. The van der Waals surface area contributed by atoms with E-state index in [9.17, 15) is 9.59 Å². The van der Waals surface area contributed by atoms with Gasteiger partial charge in [0.15, 0.2) is 6.10 Å². The molecule has 1 aliphatic carbocycles. The minimum Gasteiger partial charge on any atom is -0.481 e. The highest BCUT2D eigenvalue weighted by atomic mass is 16.5. The first-order valence-corrected chi connectivity index (χ1v) is 8.39. The van der Waals surface area contributed by atoms with Crippen molar-refractivity contribution in [2.75, 3.05) is 19.5 Å². The Hall–Kier alpha value is -2.24. The molecule has 1 N–H and O–H groups in total. The van der Waals surface area contributed by atoms with Gasteiger partial charge in [0.05, 0.1) is 7.11 Å². The van der Waals surface area contributed by atoms with Gasteiger partial charge in [-0.1, -0.05) is 19.3 Å². The molecule has 1 atom stereocenters. The molecule has 2 rings (SSSR count). The van der Waals surface area contributed by atoms with Crippen molar-refractivity contribution in [3.8, 4) is 5.75 Å². The Morgan fingerprint density at radius 3 is 2.38 bits per heavy atom. The third kappa shape index (κ3) is 4.88. The Kier molecular flexibility index (Phi) is 6.46. The average Bonchev–Trinajstić information content (AvgIpc) is 2.62. The van der Waals surface area contributed by atoms with E-state index < -0.39 is 12.2 Å². The summed E-state index contributed by atoms with van der Waals surface area (Å²) in [7, 11) is 3.17. The number of hydrogen-bond donors (Lipinski definition) is 1. The number of amides is 2. The number of hydrogen-bond acceptors (Lipinski definition) is 4. The molecule has 0 radical (unpaired) electrons. The van der Waals surface area contributed by atoms with E-state index in [4.69, 9.17) is 4.74 Å². The van der Waals surface area contributed by atoms with E-state index in [0.717, 1.165) is 12.8 Å². The summed E-state index contributed by atoms with van der Waals surface area (Å²) in [6.45, 7) is 1.77. The molecular weight excluding hydrogens is 308 g/mol. The fraction of sp³-hybridized carbons (Fsp3) is 0.556. The van der Waals surface area contributed by atoms with Crippen molar-refractivity contribution >= 4 is 17.7 Å². The highest BCUT2D eigenvalue weighted by molar-refractivity contribution is 5.84. The third-order valence-electron chi connectivity index (χ3n) is 4.42. The molecule has 132 valence electrons. The van der Waals surface area contributed by atoms with Crippen LogP contribution in [0.25, 0.3) is 0 Å².